The molecule has 0 fully saturated rings. The zero-order valence-electron chi connectivity index (χ0n) is 11.1. The van der Waals surface area contributed by atoms with Crippen LogP contribution in [0.3, 0.4) is 0 Å². The van der Waals surface area contributed by atoms with E-state index in [1.807, 2.05) is 0 Å². The third-order valence-electron chi connectivity index (χ3n) is 3.48. The van der Waals surface area contributed by atoms with E-state index in [4.69, 9.17) is 0 Å². The Morgan fingerprint density at radius 1 is 1.11 bits per heavy atom. The van der Waals surface area contributed by atoms with Gasteiger partial charge in [0, 0.05) is 0 Å². The van der Waals surface area contributed by atoms with Gasteiger partial charge < -0.3 is 0 Å². The Morgan fingerprint density at radius 2 is 1.72 bits per heavy atom. The van der Waals surface area contributed by atoms with Gasteiger partial charge in [0.15, 0.2) is 0 Å². The van der Waals surface area contributed by atoms with Gasteiger partial charge in [-0.25, -0.2) is 0 Å². The summed E-state index contributed by atoms with van der Waals surface area (Å²) in [5.41, 5.74) is 1.51. The van der Waals surface area contributed by atoms with Crippen LogP contribution in [0.25, 0.3) is 0 Å². The predicted octanol–water partition coefficient (Wildman–Crippen LogP) is 4.52. The number of halogens is 2. The van der Waals surface area contributed by atoms with Gasteiger partial charge in [-0.2, -0.15) is 0 Å². The second kappa shape index (κ2) is 6.85. The van der Waals surface area contributed by atoms with Crippen LogP contribution in [0, 0.1) is 0 Å². The predicted molar refractivity (Wildman–Crippen MR) is 92.9 cm³/mol. The van der Waals surface area contributed by atoms with E-state index in [1.165, 1.54) is 16.7 Å². The molecule has 1 aliphatic rings. The molecule has 0 amide bonds. The third-order valence-corrected chi connectivity index (χ3v) is 12.8. The molecule has 0 saturated heterocycles. The molecule has 4 heteroatoms. The van der Waals surface area contributed by atoms with Crippen molar-refractivity contribution in [1.29, 1.82) is 0 Å². The van der Waals surface area contributed by atoms with Crippen molar-refractivity contribution in [2.24, 2.45) is 0 Å². The fraction of sp³-hybridized carbons (Fsp3) is 0.286. The summed E-state index contributed by atoms with van der Waals surface area (Å²) in [4.78, 5) is 0. The molecule has 1 aromatic carbocycles. The number of hydrogen-bond acceptors (Lipinski definition) is 0. The first kappa shape index (κ1) is 18.6. The first-order chi connectivity index (χ1) is 7.46. The average Bonchev–Trinajstić information content (AvgIpc) is 2.71. The first-order valence-electron chi connectivity index (χ1n) is 5.94. The van der Waals surface area contributed by atoms with E-state index in [2.05, 4.69) is 66.6 Å². The maximum absolute atomic E-state index is 2.56. The average molecular weight is 426 g/mol. The van der Waals surface area contributed by atoms with Crippen LogP contribution in [-0.4, -0.2) is 7.63 Å². The molecule has 0 heterocycles. The summed E-state index contributed by atoms with van der Waals surface area (Å²) in [5.74, 6) is 0. The number of hydrogen-bond donors (Lipinski definition) is 0. The van der Waals surface area contributed by atoms with Gasteiger partial charge in [-0.05, 0) is 0 Å². The molecule has 0 unspecified atom stereocenters. The fourth-order valence-corrected chi connectivity index (χ4v) is 9.79. The standard InChI is InChI=1S/C7H7.C5H5.2CH3.2BrH.H2Si.Ti/c1-7-5-3-2-4-6-7;1-2-4-5-3-1;;;;;;/h2-6H,1H2;1-3H,4H2;2*1H3;2*1H;1H2;. The summed E-state index contributed by atoms with van der Waals surface area (Å²) in [7, 11) is 2.31. The molecule has 0 aromatic heterocycles. The molecular formula is C14H22Br2SiTi. The normalized spacial score (nSPS) is 14.5. The van der Waals surface area contributed by atoms with Crippen molar-refractivity contribution in [3.05, 3.63) is 58.0 Å². The van der Waals surface area contributed by atoms with Crippen LogP contribution in [0.1, 0.15) is 12.0 Å². The molecule has 1 aliphatic carbocycles. The van der Waals surface area contributed by atoms with Gasteiger partial charge in [0.25, 0.3) is 0 Å². The van der Waals surface area contributed by atoms with Crippen LogP contribution in [0.15, 0.2) is 52.4 Å². The summed E-state index contributed by atoms with van der Waals surface area (Å²) < 4.78 is 3.03. The second-order valence-corrected chi connectivity index (χ2v) is 26.3. The van der Waals surface area contributed by atoms with Crippen molar-refractivity contribution in [3.8, 4) is 0 Å². The van der Waals surface area contributed by atoms with Crippen molar-refractivity contribution in [2.75, 3.05) is 0 Å². The number of allylic oxidation sites excluding steroid dienone is 4. The zero-order valence-corrected chi connectivity index (χ0v) is 17.5. The van der Waals surface area contributed by atoms with Gasteiger partial charge in [-0.3, -0.25) is 0 Å². The molecule has 0 nitrogen and oxygen atoms in total. The SMILES string of the molecule is Br.Br.[CH3][Ti]([CH3])(=[SiH2])([CH2]c1ccccc1)[C]1=CC=CC1. The van der Waals surface area contributed by atoms with E-state index in [0.717, 1.165) is 0 Å². The van der Waals surface area contributed by atoms with Crippen molar-refractivity contribution < 1.29 is 14.0 Å². The zero-order chi connectivity index (χ0) is 11.7. The van der Waals surface area contributed by atoms with Gasteiger partial charge in [-0.1, -0.05) is 0 Å². The van der Waals surface area contributed by atoms with Gasteiger partial charge in [-0.15, -0.1) is 34.0 Å². The molecule has 18 heavy (non-hydrogen) atoms. The van der Waals surface area contributed by atoms with Gasteiger partial charge in [0.1, 0.15) is 0 Å². The minimum absolute atomic E-state index is 0. The minimum atomic E-state index is -2.38. The van der Waals surface area contributed by atoms with E-state index >= 15 is 0 Å². The first-order valence-corrected chi connectivity index (χ1v) is 15.0. The molecular weight excluding hydrogens is 404 g/mol. The molecule has 0 N–H and O–H groups in total. The molecule has 0 saturated carbocycles. The topological polar surface area (TPSA) is 0 Å². The Balaban J connectivity index is 0.00000144. The van der Waals surface area contributed by atoms with Crippen LogP contribution < -0.4 is 0 Å². The Kier molecular flexibility index (Phi) is 7.07. The van der Waals surface area contributed by atoms with Gasteiger partial charge >= 0.3 is 101 Å². The van der Waals surface area contributed by atoms with Crippen LogP contribution in [-0.2, 0) is 18.8 Å². The van der Waals surface area contributed by atoms with E-state index in [1.54, 1.807) is 3.88 Å². The molecule has 0 bridgehead atoms. The Bertz CT molecular complexity index is 512. The Hall–Kier alpha value is 0.591. The molecule has 2 rings (SSSR count). The van der Waals surface area contributed by atoms with Crippen LogP contribution in [0.5, 0.6) is 0 Å². The molecule has 0 aliphatic heterocycles. The Morgan fingerprint density at radius 3 is 2.22 bits per heavy atom. The van der Waals surface area contributed by atoms with Crippen LogP contribution in [0.4, 0.5) is 0 Å². The third kappa shape index (κ3) is 4.61. The van der Waals surface area contributed by atoms with Crippen molar-refractivity contribution in [1.82, 2.24) is 0 Å². The van der Waals surface area contributed by atoms with Crippen LogP contribution >= 0.6 is 34.0 Å². The summed E-state index contributed by atoms with van der Waals surface area (Å²) >= 11 is -2.38. The number of benzene rings is 1. The van der Waals surface area contributed by atoms with Gasteiger partial charge in [0.05, 0.1) is 0 Å². The summed E-state index contributed by atoms with van der Waals surface area (Å²) in [5, 5.41) is 5.11. The van der Waals surface area contributed by atoms with E-state index in [9.17, 15) is 0 Å². The molecule has 0 spiro atoms. The van der Waals surface area contributed by atoms with E-state index in [0.29, 0.717) is 0 Å². The van der Waals surface area contributed by atoms with E-state index < -0.39 is 14.0 Å². The van der Waals surface area contributed by atoms with Crippen molar-refractivity contribution in [2.45, 2.75) is 21.6 Å². The molecule has 0 atom stereocenters. The van der Waals surface area contributed by atoms with Gasteiger partial charge in [0.2, 0.25) is 0 Å². The summed E-state index contributed by atoms with van der Waals surface area (Å²) in [6.45, 7) is 0. The van der Waals surface area contributed by atoms with E-state index in [-0.39, 0.29) is 34.0 Å². The molecule has 0 radical (unpaired) electrons. The maximum atomic E-state index is 2.56. The van der Waals surface area contributed by atoms with Crippen LogP contribution in [0.2, 0.25) is 10.5 Å². The Labute approximate surface area is 134 Å². The van der Waals surface area contributed by atoms with Crippen molar-refractivity contribution in [3.63, 3.8) is 0 Å². The monoisotopic (exact) mass is 424 g/mol. The molecule has 100 valence electrons. The quantitative estimate of drug-likeness (QED) is 0.624. The summed E-state index contributed by atoms with van der Waals surface area (Å²) in [6.07, 6.45) is 8.09. The second-order valence-electron chi connectivity index (χ2n) is 6.00. The van der Waals surface area contributed by atoms with Crippen molar-refractivity contribution >= 4 is 41.6 Å². The number of rotatable bonds is 3. The molecule has 1 aromatic rings. The summed E-state index contributed by atoms with van der Waals surface area (Å²) in [6, 6.07) is 11.0. The fourth-order valence-electron chi connectivity index (χ4n) is 2.44.